The number of ether oxygens (including phenoxy) is 3. The molecule has 30 heavy (non-hydrogen) atoms. The van der Waals surface area contributed by atoms with E-state index in [1.165, 1.54) is 6.92 Å². The fourth-order valence-electron chi connectivity index (χ4n) is 3.45. The van der Waals surface area contributed by atoms with Crippen LogP contribution in [0.5, 0.6) is 11.5 Å². The van der Waals surface area contributed by atoms with Gasteiger partial charge in [-0.1, -0.05) is 12.1 Å². The van der Waals surface area contributed by atoms with Gasteiger partial charge in [0.2, 0.25) is 0 Å². The van der Waals surface area contributed by atoms with Crippen LogP contribution >= 0.6 is 0 Å². The molecule has 4 rings (SSSR count). The zero-order chi connectivity index (χ0) is 20.9. The van der Waals surface area contributed by atoms with E-state index in [4.69, 9.17) is 14.2 Å². The fourth-order valence-corrected chi connectivity index (χ4v) is 3.45. The highest BCUT2D eigenvalue weighted by Crippen LogP contribution is 2.28. The first kappa shape index (κ1) is 20.1. The molecule has 156 valence electrons. The summed E-state index contributed by atoms with van der Waals surface area (Å²) in [5.41, 5.74) is 3.56. The molecule has 0 saturated carbocycles. The smallest absolute Gasteiger partial charge is 0.308 e. The average Bonchev–Trinajstić information content (AvgIpc) is 3.25. The molecule has 1 atom stereocenters. The number of hydrogen-bond acceptors (Lipinski definition) is 6. The van der Waals surface area contributed by atoms with Crippen LogP contribution in [-0.2, 0) is 16.1 Å². The van der Waals surface area contributed by atoms with Gasteiger partial charge in [-0.2, -0.15) is 5.10 Å². The van der Waals surface area contributed by atoms with Crippen molar-refractivity contribution < 1.29 is 19.0 Å². The van der Waals surface area contributed by atoms with Crippen LogP contribution in [0.1, 0.15) is 43.5 Å². The third-order valence-corrected chi connectivity index (χ3v) is 5.01. The van der Waals surface area contributed by atoms with E-state index < -0.39 is 0 Å². The molecular weight excluding hydrogens is 382 g/mol. The maximum atomic E-state index is 11.2. The van der Waals surface area contributed by atoms with Gasteiger partial charge in [0.05, 0.1) is 17.6 Å². The van der Waals surface area contributed by atoms with E-state index in [2.05, 4.69) is 10.1 Å². The van der Waals surface area contributed by atoms with E-state index in [1.807, 2.05) is 48.0 Å². The van der Waals surface area contributed by atoms with Crippen molar-refractivity contribution in [1.82, 2.24) is 14.8 Å². The van der Waals surface area contributed by atoms with Gasteiger partial charge in [0.15, 0.2) is 6.23 Å². The molecule has 1 saturated heterocycles. The normalized spacial score (nSPS) is 16.3. The minimum Gasteiger partial charge on any atom is -0.487 e. The van der Waals surface area contributed by atoms with Gasteiger partial charge in [0, 0.05) is 19.7 Å². The number of benzene rings is 1. The van der Waals surface area contributed by atoms with Gasteiger partial charge in [-0.05, 0) is 61.6 Å². The maximum Gasteiger partial charge on any atom is 0.308 e. The quantitative estimate of drug-likeness (QED) is 0.444. The molecular formula is C23H25N3O4. The number of aryl methyl sites for hydroxylation is 1. The minimum atomic E-state index is -0.339. The average molecular weight is 407 g/mol. The van der Waals surface area contributed by atoms with Crippen molar-refractivity contribution in [2.45, 2.75) is 45.9 Å². The molecule has 0 spiro atoms. The van der Waals surface area contributed by atoms with E-state index in [-0.39, 0.29) is 12.2 Å². The number of rotatable bonds is 6. The number of nitrogens with zero attached hydrogens (tertiary/aromatic N) is 3. The zero-order valence-corrected chi connectivity index (χ0v) is 17.2. The molecule has 1 aliphatic heterocycles. The fraction of sp³-hybridized carbons (Fsp3) is 0.348. The summed E-state index contributed by atoms with van der Waals surface area (Å²) in [6.07, 6.45) is 6.65. The molecule has 3 aromatic rings. The van der Waals surface area contributed by atoms with Gasteiger partial charge in [-0.15, -0.1) is 0 Å². The van der Waals surface area contributed by atoms with E-state index in [0.29, 0.717) is 18.1 Å². The molecule has 0 amide bonds. The lowest BCUT2D eigenvalue weighted by Gasteiger charge is -2.24. The number of hydrogen-bond donors (Lipinski definition) is 0. The summed E-state index contributed by atoms with van der Waals surface area (Å²) in [7, 11) is 0. The van der Waals surface area contributed by atoms with Crippen LogP contribution in [0, 0.1) is 6.92 Å². The lowest BCUT2D eigenvalue weighted by atomic mass is 10.1. The zero-order valence-electron chi connectivity index (χ0n) is 17.2. The Morgan fingerprint density at radius 1 is 1.23 bits per heavy atom. The summed E-state index contributed by atoms with van der Waals surface area (Å²) in [5, 5.41) is 4.43. The molecule has 1 aromatic carbocycles. The van der Waals surface area contributed by atoms with E-state index in [0.717, 1.165) is 48.4 Å². The van der Waals surface area contributed by atoms with Crippen LogP contribution in [0.2, 0.25) is 0 Å². The van der Waals surface area contributed by atoms with Crippen LogP contribution in [0.3, 0.4) is 0 Å². The summed E-state index contributed by atoms with van der Waals surface area (Å²) in [4.78, 5) is 15.8. The van der Waals surface area contributed by atoms with Crippen LogP contribution in [0.4, 0.5) is 0 Å². The lowest BCUT2D eigenvalue weighted by Crippen LogP contribution is -2.20. The molecule has 7 nitrogen and oxygen atoms in total. The Labute approximate surface area is 175 Å². The number of aromatic nitrogens is 3. The van der Waals surface area contributed by atoms with Crippen LogP contribution in [0.25, 0.3) is 11.4 Å². The summed E-state index contributed by atoms with van der Waals surface area (Å²) < 4.78 is 18.9. The van der Waals surface area contributed by atoms with E-state index in [9.17, 15) is 4.79 Å². The summed E-state index contributed by atoms with van der Waals surface area (Å²) in [6, 6.07) is 11.4. The number of esters is 1. The lowest BCUT2D eigenvalue weighted by molar-refractivity contribution is -0.131. The molecule has 0 radical (unpaired) electrons. The van der Waals surface area contributed by atoms with Crippen molar-refractivity contribution in [2.24, 2.45) is 0 Å². The largest absolute Gasteiger partial charge is 0.487 e. The molecule has 3 heterocycles. The molecule has 7 heteroatoms. The monoisotopic (exact) mass is 407 g/mol. The maximum absolute atomic E-state index is 11.2. The molecule has 2 aromatic heterocycles. The Balaban J connectivity index is 1.43. The number of carbonyl (C=O) groups excluding carboxylic acids is 1. The number of carbonyl (C=O) groups is 1. The Morgan fingerprint density at radius 2 is 2.13 bits per heavy atom. The Kier molecular flexibility index (Phi) is 6.09. The van der Waals surface area contributed by atoms with Crippen molar-refractivity contribution in [3.63, 3.8) is 0 Å². The van der Waals surface area contributed by atoms with Gasteiger partial charge in [0.1, 0.15) is 18.1 Å². The summed E-state index contributed by atoms with van der Waals surface area (Å²) in [6.45, 7) is 4.41. The van der Waals surface area contributed by atoms with Crippen molar-refractivity contribution >= 4 is 5.97 Å². The number of pyridine rings is 1. The van der Waals surface area contributed by atoms with E-state index >= 15 is 0 Å². The molecule has 0 N–H and O–H groups in total. The first-order chi connectivity index (χ1) is 14.6. The second kappa shape index (κ2) is 9.09. The molecule has 0 aliphatic carbocycles. The van der Waals surface area contributed by atoms with Crippen LogP contribution < -0.4 is 9.47 Å². The summed E-state index contributed by atoms with van der Waals surface area (Å²) >= 11 is 0. The summed E-state index contributed by atoms with van der Waals surface area (Å²) in [5.74, 6) is 0.873. The standard InChI is InChI=1S/C23H25N3O4/c1-16-6-7-18(13-22(16)30-17(2)27)15-29-19-8-9-20(24-14-19)21-10-11-25-26(21)23-5-3-4-12-28-23/h6-11,13-14,23H,3-5,12,15H2,1-2H3. The third-order valence-electron chi connectivity index (χ3n) is 5.01. The van der Waals surface area contributed by atoms with E-state index in [1.54, 1.807) is 12.4 Å². The van der Waals surface area contributed by atoms with Gasteiger partial charge >= 0.3 is 5.97 Å². The minimum absolute atomic E-state index is 0.0329. The van der Waals surface area contributed by atoms with Gasteiger partial charge in [0.25, 0.3) is 0 Å². The van der Waals surface area contributed by atoms with Crippen molar-refractivity contribution in [3.8, 4) is 22.9 Å². The molecule has 1 aliphatic rings. The van der Waals surface area contributed by atoms with Crippen LogP contribution in [0.15, 0.2) is 48.8 Å². The Bertz CT molecular complexity index is 1010. The SMILES string of the molecule is CC(=O)Oc1cc(COc2ccc(-c3ccnn3C3CCCCO3)nc2)ccc1C. The van der Waals surface area contributed by atoms with Crippen molar-refractivity contribution in [2.75, 3.05) is 6.61 Å². The predicted molar refractivity (Wildman–Crippen MR) is 111 cm³/mol. The Hall–Kier alpha value is -3.19. The second-order valence-electron chi connectivity index (χ2n) is 7.34. The molecule has 0 bridgehead atoms. The van der Waals surface area contributed by atoms with Crippen molar-refractivity contribution in [1.29, 1.82) is 0 Å². The highest BCUT2D eigenvalue weighted by molar-refractivity contribution is 5.69. The highest BCUT2D eigenvalue weighted by Gasteiger charge is 2.20. The predicted octanol–water partition coefficient (Wildman–Crippen LogP) is 4.46. The van der Waals surface area contributed by atoms with Crippen LogP contribution in [-0.4, -0.2) is 27.3 Å². The highest BCUT2D eigenvalue weighted by atomic mass is 16.5. The van der Waals surface area contributed by atoms with Gasteiger partial charge in [-0.3, -0.25) is 9.78 Å². The third kappa shape index (κ3) is 4.68. The topological polar surface area (TPSA) is 75.5 Å². The molecule has 1 fully saturated rings. The van der Waals surface area contributed by atoms with Gasteiger partial charge in [-0.25, -0.2) is 4.68 Å². The Morgan fingerprint density at radius 3 is 2.87 bits per heavy atom. The van der Waals surface area contributed by atoms with Gasteiger partial charge < -0.3 is 14.2 Å². The molecule has 1 unspecified atom stereocenters. The van der Waals surface area contributed by atoms with Crippen molar-refractivity contribution in [3.05, 3.63) is 59.9 Å². The first-order valence-electron chi connectivity index (χ1n) is 10.1. The first-order valence-corrected chi connectivity index (χ1v) is 10.1. The second-order valence-corrected chi connectivity index (χ2v) is 7.34.